The van der Waals surface area contributed by atoms with Crippen molar-refractivity contribution in [1.29, 1.82) is 0 Å². The molecular weight excluding hydrogens is 217 g/mol. The van der Waals surface area contributed by atoms with Crippen molar-refractivity contribution < 1.29 is 9.18 Å². The number of hydrogen-bond donors (Lipinski definition) is 1. The summed E-state index contributed by atoms with van der Waals surface area (Å²) in [5.41, 5.74) is 0.142. The van der Waals surface area contributed by atoms with Crippen LogP contribution in [0.1, 0.15) is 26.2 Å². The fourth-order valence-electron chi connectivity index (χ4n) is 1.14. The molecule has 0 atom stereocenters. The second-order valence-corrected chi connectivity index (χ2v) is 3.71. The van der Waals surface area contributed by atoms with Crippen LogP contribution >= 0.6 is 11.6 Å². The lowest BCUT2D eigenvalue weighted by molar-refractivity contribution is -0.116. The first kappa shape index (κ1) is 12.0. The fourth-order valence-corrected chi connectivity index (χ4v) is 1.32. The van der Waals surface area contributed by atoms with Crippen molar-refractivity contribution in [2.75, 3.05) is 5.32 Å². The van der Waals surface area contributed by atoms with E-state index in [1.807, 2.05) is 6.92 Å². The molecule has 4 heteroatoms. The highest BCUT2D eigenvalue weighted by molar-refractivity contribution is 6.30. The average Bonchev–Trinajstić information content (AvgIpc) is 2.20. The number of hydrogen-bond acceptors (Lipinski definition) is 1. The molecule has 1 aromatic rings. The molecule has 82 valence electrons. The minimum absolute atomic E-state index is 0.142. The Morgan fingerprint density at radius 2 is 2.27 bits per heavy atom. The van der Waals surface area contributed by atoms with Gasteiger partial charge in [0.15, 0.2) is 0 Å². The Hall–Kier alpha value is -1.09. The lowest BCUT2D eigenvalue weighted by atomic mass is 10.2. The third-order valence-electron chi connectivity index (χ3n) is 1.96. The van der Waals surface area contributed by atoms with Gasteiger partial charge in [-0.3, -0.25) is 4.79 Å². The molecule has 0 radical (unpaired) electrons. The number of unbranched alkanes of at least 4 members (excludes halogenated alkanes) is 1. The zero-order valence-electron chi connectivity index (χ0n) is 8.52. The summed E-state index contributed by atoms with van der Waals surface area (Å²) in [6, 6.07) is 4.08. The Morgan fingerprint density at radius 3 is 2.93 bits per heavy atom. The van der Waals surface area contributed by atoms with Gasteiger partial charge >= 0.3 is 0 Å². The number of carbonyl (C=O) groups is 1. The van der Waals surface area contributed by atoms with Crippen molar-refractivity contribution in [3.8, 4) is 0 Å². The average molecular weight is 230 g/mol. The monoisotopic (exact) mass is 229 g/mol. The predicted octanol–water partition coefficient (Wildman–Crippen LogP) is 3.61. The molecule has 0 aliphatic heterocycles. The molecule has 0 fully saturated rings. The molecule has 15 heavy (non-hydrogen) atoms. The van der Waals surface area contributed by atoms with Crippen molar-refractivity contribution in [3.63, 3.8) is 0 Å². The molecular formula is C11H13ClFNO. The second-order valence-electron chi connectivity index (χ2n) is 3.28. The molecule has 1 rings (SSSR count). The van der Waals surface area contributed by atoms with Crippen molar-refractivity contribution in [1.82, 2.24) is 0 Å². The molecule has 1 N–H and O–H groups in total. The number of carbonyl (C=O) groups excluding carboxylic acids is 1. The zero-order valence-corrected chi connectivity index (χ0v) is 9.27. The molecule has 0 aliphatic rings. The smallest absolute Gasteiger partial charge is 0.224 e. The van der Waals surface area contributed by atoms with E-state index >= 15 is 0 Å². The van der Waals surface area contributed by atoms with Gasteiger partial charge in [-0.2, -0.15) is 0 Å². The van der Waals surface area contributed by atoms with Crippen LogP contribution < -0.4 is 5.32 Å². The Kier molecular flexibility index (Phi) is 4.56. The second kappa shape index (κ2) is 5.71. The molecule has 2 nitrogen and oxygen atoms in total. The van der Waals surface area contributed by atoms with E-state index in [1.54, 1.807) is 0 Å². The summed E-state index contributed by atoms with van der Waals surface area (Å²) >= 11 is 5.69. The topological polar surface area (TPSA) is 29.1 Å². The molecule has 0 bridgehead atoms. The van der Waals surface area contributed by atoms with Crippen LogP contribution in [0.15, 0.2) is 18.2 Å². The molecule has 0 aromatic heterocycles. The van der Waals surface area contributed by atoms with Gasteiger partial charge in [0.05, 0.1) is 5.69 Å². The van der Waals surface area contributed by atoms with E-state index in [9.17, 15) is 9.18 Å². The van der Waals surface area contributed by atoms with E-state index in [-0.39, 0.29) is 11.6 Å². The van der Waals surface area contributed by atoms with Crippen LogP contribution in [0.2, 0.25) is 5.02 Å². The molecule has 0 saturated heterocycles. The Balaban J connectivity index is 2.63. The first-order valence-corrected chi connectivity index (χ1v) is 5.26. The van der Waals surface area contributed by atoms with E-state index in [2.05, 4.69) is 5.32 Å². The van der Waals surface area contributed by atoms with Crippen LogP contribution in [0, 0.1) is 5.82 Å². The van der Waals surface area contributed by atoms with Gasteiger partial charge in [-0.15, -0.1) is 0 Å². The molecule has 0 aliphatic carbocycles. The molecule has 1 aromatic carbocycles. The Morgan fingerprint density at radius 1 is 1.53 bits per heavy atom. The maximum absolute atomic E-state index is 13.2. The van der Waals surface area contributed by atoms with Gasteiger partial charge in [0.1, 0.15) is 5.82 Å². The molecule has 1 amide bonds. The number of nitrogens with one attached hydrogen (secondary N) is 1. The van der Waals surface area contributed by atoms with Crippen LogP contribution in [-0.2, 0) is 4.79 Å². The maximum atomic E-state index is 13.2. The summed E-state index contributed by atoms with van der Waals surface area (Å²) in [5.74, 6) is -0.651. The normalized spacial score (nSPS) is 10.1. The molecule has 0 unspecified atom stereocenters. The summed E-state index contributed by atoms with van der Waals surface area (Å²) in [7, 11) is 0. The van der Waals surface area contributed by atoms with Gasteiger partial charge in [0.25, 0.3) is 0 Å². The van der Waals surface area contributed by atoms with Gasteiger partial charge in [0, 0.05) is 11.4 Å². The Bertz CT molecular complexity index is 354. The predicted molar refractivity (Wildman–Crippen MR) is 59.6 cm³/mol. The van der Waals surface area contributed by atoms with E-state index in [4.69, 9.17) is 11.6 Å². The highest BCUT2D eigenvalue weighted by atomic mass is 35.5. The largest absolute Gasteiger partial charge is 0.324 e. The van der Waals surface area contributed by atoms with Crippen molar-refractivity contribution in [2.45, 2.75) is 26.2 Å². The summed E-state index contributed by atoms with van der Waals surface area (Å²) in [6.45, 7) is 1.99. The minimum atomic E-state index is -0.468. The summed E-state index contributed by atoms with van der Waals surface area (Å²) < 4.78 is 13.2. The first-order chi connectivity index (χ1) is 7.13. The van der Waals surface area contributed by atoms with E-state index in [0.29, 0.717) is 11.4 Å². The SMILES string of the molecule is CCCCC(=O)Nc1cc(Cl)ccc1F. The lowest BCUT2D eigenvalue weighted by Gasteiger charge is -2.06. The van der Waals surface area contributed by atoms with Crippen molar-refractivity contribution in [3.05, 3.63) is 29.0 Å². The van der Waals surface area contributed by atoms with Gasteiger partial charge < -0.3 is 5.32 Å². The molecule has 0 spiro atoms. The Labute approximate surface area is 93.4 Å². The first-order valence-electron chi connectivity index (χ1n) is 4.88. The highest BCUT2D eigenvalue weighted by Crippen LogP contribution is 2.19. The minimum Gasteiger partial charge on any atom is -0.324 e. The maximum Gasteiger partial charge on any atom is 0.224 e. The van der Waals surface area contributed by atoms with Gasteiger partial charge in [0.2, 0.25) is 5.91 Å². The van der Waals surface area contributed by atoms with Gasteiger partial charge in [-0.05, 0) is 24.6 Å². The molecule has 0 heterocycles. The molecule has 0 saturated carbocycles. The highest BCUT2D eigenvalue weighted by Gasteiger charge is 2.06. The lowest BCUT2D eigenvalue weighted by Crippen LogP contribution is -2.12. The quantitative estimate of drug-likeness (QED) is 0.840. The van der Waals surface area contributed by atoms with Crippen LogP contribution in [0.25, 0.3) is 0 Å². The zero-order chi connectivity index (χ0) is 11.3. The summed E-state index contributed by atoms with van der Waals surface area (Å²) in [4.78, 5) is 11.3. The number of amides is 1. The fraction of sp³-hybridized carbons (Fsp3) is 0.364. The van der Waals surface area contributed by atoms with E-state index < -0.39 is 5.82 Å². The number of benzene rings is 1. The van der Waals surface area contributed by atoms with Crippen molar-refractivity contribution in [2.24, 2.45) is 0 Å². The number of rotatable bonds is 4. The van der Waals surface area contributed by atoms with E-state index in [1.165, 1.54) is 18.2 Å². The standard InChI is InChI=1S/C11H13ClFNO/c1-2-3-4-11(15)14-10-7-8(12)5-6-9(10)13/h5-7H,2-4H2,1H3,(H,14,15). The van der Waals surface area contributed by atoms with Gasteiger partial charge in [-0.25, -0.2) is 4.39 Å². The summed E-state index contributed by atoms with van der Waals surface area (Å²) in [6.07, 6.45) is 2.14. The number of anilines is 1. The van der Waals surface area contributed by atoms with Crippen molar-refractivity contribution >= 4 is 23.2 Å². The van der Waals surface area contributed by atoms with Crippen LogP contribution in [0.5, 0.6) is 0 Å². The third-order valence-corrected chi connectivity index (χ3v) is 2.19. The van der Waals surface area contributed by atoms with Crippen LogP contribution in [0.4, 0.5) is 10.1 Å². The third kappa shape index (κ3) is 3.88. The summed E-state index contributed by atoms with van der Waals surface area (Å²) in [5, 5.41) is 2.89. The van der Waals surface area contributed by atoms with Gasteiger partial charge in [-0.1, -0.05) is 24.9 Å². The van der Waals surface area contributed by atoms with Crippen LogP contribution in [-0.4, -0.2) is 5.91 Å². The van der Waals surface area contributed by atoms with E-state index in [0.717, 1.165) is 12.8 Å². The number of halogens is 2. The van der Waals surface area contributed by atoms with Crippen LogP contribution in [0.3, 0.4) is 0 Å².